The Labute approximate surface area is 119 Å². The summed E-state index contributed by atoms with van der Waals surface area (Å²) >= 11 is 10.1. The minimum absolute atomic E-state index is 0.203. The fourth-order valence-corrected chi connectivity index (χ4v) is 1.80. The molecule has 2 rings (SSSR count). The van der Waals surface area contributed by atoms with Gasteiger partial charge in [0.15, 0.2) is 0 Å². The molecule has 0 bridgehead atoms. The molecule has 0 aliphatic carbocycles. The van der Waals surface area contributed by atoms with Crippen molar-refractivity contribution in [3.63, 3.8) is 0 Å². The summed E-state index contributed by atoms with van der Waals surface area (Å²) in [5.74, 6) is 3.07. The van der Waals surface area contributed by atoms with Crippen molar-refractivity contribution in [1.29, 1.82) is 0 Å². The molecule has 0 saturated heterocycles. The number of terminal acetylenes is 1. The van der Waals surface area contributed by atoms with Crippen LogP contribution in [0.15, 0.2) is 29.4 Å². The highest BCUT2D eigenvalue weighted by Gasteiger charge is 2.00. The van der Waals surface area contributed by atoms with Gasteiger partial charge >= 0.3 is 0 Å². The second kappa shape index (κ2) is 6.13. The van der Waals surface area contributed by atoms with Gasteiger partial charge in [-0.15, -0.1) is 6.42 Å². The molecule has 0 aliphatic heterocycles. The number of para-hydroxylation sites is 1. The Bertz CT molecular complexity index is 720. The van der Waals surface area contributed by atoms with E-state index in [9.17, 15) is 0 Å². The number of nitrogens with zero attached hydrogens (tertiary/aromatic N) is 2. The summed E-state index contributed by atoms with van der Waals surface area (Å²) in [4.78, 5) is 0. The molecular weight excluding hydrogens is 280 g/mol. The van der Waals surface area contributed by atoms with E-state index in [4.69, 9.17) is 35.6 Å². The zero-order valence-electron chi connectivity index (χ0n) is 9.79. The minimum atomic E-state index is 0.203. The van der Waals surface area contributed by atoms with Gasteiger partial charge in [-0.2, -0.15) is 9.78 Å². The van der Waals surface area contributed by atoms with Crippen LogP contribution in [-0.4, -0.2) is 27.7 Å². The van der Waals surface area contributed by atoms with Crippen LogP contribution in [0.5, 0.6) is 5.75 Å². The van der Waals surface area contributed by atoms with Crippen LogP contribution in [0.3, 0.4) is 0 Å². The van der Waals surface area contributed by atoms with Gasteiger partial charge < -0.3 is 4.74 Å². The summed E-state index contributed by atoms with van der Waals surface area (Å²) < 4.78 is 7.60. The number of hydrogen-bond acceptors (Lipinski definition) is 4. The van der Waals surface area contributed by atoms with Gasteiger partial charge in [-0.3, -0.25) is 10.2 Å². The predicted octanol–water partition coefficient (Wildman–Crippen LogP) is 2.50. The molecule has 2 N–H and O–H groups in total. The number of ether oxygens (including phenoxy) is 1. The number of aromatic nitrogens is 3. The first kappa shape index (κ1) is 13.3. The third-order valence-corrected chi connectivity index (χ3v) is 2.75. The lowest BCUT2D eigenvalue weighted by Crippen LogP contribution is -1.98. The van der Waals surface area contributed by atoms with Crippen molar-refractivity contribution < 1.29 is 4.74 Å². The van der Waals surface area contributed by atoms with Crippen LogP contribution in [0.2, 0.25) is 0 Å². The molecule has 0 spiro atoms. The molecule has 0 saturated carbocycles. The van der Waals surface area contributed by atoms with Crippen LogP contribution < -0.4 is 4.74 Å². The average Bonchev–Trinajstić information content (AvgIpc) is 2.74. The maximum Gasteiger partial charge on any atom is 0.215 e. The zero-order chi connectivity index (χ0) is 13.7. The molecule has 0 fully saturated rings. The topological polar surface area (TPSA) is 58.1 Å². The van der Waals surface area contributed by atoms with Crippen LogP contribution in [-0.2, 0) is 0 Å². The standard InChI is InChI=1S/C12H10N4OS2/c1-2-7-17-10-6-4-3-5-9(10)8-13-16-11(18)14-15-12(16)19/h1,3-6,8H,7H2,(H,14,18)(H,15,19)/b13-8-. The summed E-state index contributed by atoms with van der Waals surface area (Å²) in [5, 5.41) is 9.59. The van der Waals surface area contributed by atoms with Gasteiger partial charge in [-0.25, -0.2) is 0 Å². The largest absolute Gasteiger partial charge is 0.480 e. The quantitative estimate of drug-likeness (QED) is 0.517. The predicted molar refractivity (Wildman–Crippen MR) is 78.6 cm³/mol. The average molecular weight is 290 g/mol. The lowest BCUT2D eigenvalue weighted by Gasteiger charge is -2.05. The van der Waals surface area contributed by atoms with E-state index in [0.717, 1.165) is 5.56 Å². The molecule has 1 aromatic carbocycles. The number of hydrogen-bond donors (Lipinski definition) is 2. The maximum absolute atomic E-state index is 5.41. The van der Waals surface area contributed by atoms with E-state index in [-0.39, 0.29) is 6.61 Å². The molecule has 5 nitrogen and oxygen atoms in total. The van der Waals surface area contributed by atoms with E-state index in [2.05, 4.69) is 21.2 Å². The molecule has 0 unspecified atom stereocenters. The summed E-state index contributed by atoms with van der Waals surface area (Å²) in [6, 6.07) is 7.41. The van der Waals surface area contributed by atoms with Crippen molar-refractivity contribution in [1.82, 2.24) is 14.9 Å². The molecule has 0 aliphatic rings. The van der Waals surface area contributed by atoms with Crippen molar-refractivity contribution in [3.8, 4) is 18.1 Å². The van der Waals surface area contributed by atoms with Gasteiger partial charge in [0.1, 0.15) is 12.4 Å². The van der Waals surface area contributed by atoms with E-state index in [1.54, 1.807) is 6.21 Å². The zero-order valence-corrected chi connectivity index (χ0v) is 11.4. The van der Waals surface area contributed by atoms with Crippen molar-refractivity contribution >= 4 is 30.7 Å². The molecule has 96 valence electrons. The van der Waals surface area contributed by atoms with Gasteiger partial charge in [0.05, 0.1) is 6.21 Å². The van der Waals surface area contributed by atoms with Gasteiger partial charge in [0.25, 0.3) is 0 Å². The Kier molecular flexibility index (Phi) is 4.28. The second-order valence-corrected chi connectivity index (χ2v) is 4.22. The molecular formula is C12H10N4OS2. The summed E-state index contributed by atoms with van der Waals surface area (Å²) in [5.41, 5.74) is 0.787. The molecule has 19 heavy (non-hydrogen) atoms. The SMILES string of the molecule is C#CCOc1ccccc1/C=N\n1c(=S)[nH][nH]c1=S. The first-order valence-electron chi connectivity index (χ1n) is 5.31. The van der Waals surface area contributed by atoms with Gasteiger partial charge in [-0.1, -0.05) is 18.1 Å². The van der Waals surface area contributed by atoms with Crippen LogP contribution >= 0.6 is 24.4 Å². The van der Waals surface area contributed by atoms with Gasteiger partial charge in [0.2, 0.25) is 9.54 Å². The molecule has 1 aromatic heterocycles. The van der Waals surface area contributed by atoms with Gasteiger partial charge in [-0.05, 0) is 36.6 Å². The number of nitrogens with one attached hydrogen (secondary N) is 2. The van der Waals surface area contributed by atoms with Crippen LogP contribution in [0, 0.1) is 21.9 Å². The highest BCUT2D eigenvalue weighted by Crippen LogP contribution is 2.15. The van der Waals surface area contributed by atoms with Crippen LogP contribution in [0.4, 0.5) is 0 Å². The fraction of sp³-hybridized carbons (Fsp3) is 0.0833. The first-order valence-corrected chi connectivity index (χ1v) is 6.13. The Balaban J connectivity index is 2.31. The summed E-state index contributed by atoms with van der Waals surface area (Å²) in [6.45, 7) is 0.203. The Morgan fingerprint density at radius 3 is 2.68 bits per heavy atom. The highest BCUT2D eigenvalue weighted by molar-refractivity contribution is 7.72. The Morgan fingerprint density at radius 2 is 2.00 bits per heavy atom. The van der Waals surface area contributed by atoms with E-state index < -0.39 is 0 Å². The van der Waals surface area contributed by atoms with E-state index in [1.807, 2.05) is 24.3 Å². The first-order chi connectivity index (χ1) is 9.22. The van der Waals surface area contributed by atoms with Gasteiger partial charge in [0, 0.05) is 5.56 Å². The fourth-order valence-electron chi connectivity index (χ4n) is 1.37. The van der Waals surface area contributed by atoms with E-state index in [1.165, 1.54) is 4.68 Å². The van der Waals surface area contributed by atoms with Crippen molar-refractivity contribution in [2.75, 3.05) is 6.61 Å². The molecule has 0 amide bonds. The third kappa shape index (κ3) is 3.19. The second-order valence-electron chi connectivity index (χ2n) is 3.45. The summed E-state index contributed by atoms with van der Waals surface area (Å²) in [7, 11) is 0. The smallest absolute Gasteiger partial charge is 0.215 e. The highest BCUT2D eigenvalue weighted by atomic mass is 32.1. The lowest BCUT2D eigenvalue weighted by molar-refractivity contribution is 0.370. The summed E-state index contributed by atoms with van der Waals surface area (Å²) in [6.07, 6.45) is 6.78. The number of H-pyrrole nitrogens is 2. The van der Waals surface area contributed by atoms with Crippen molar-refractivity contribution in [2.45, 2.75) is 0 Å². The molecule has 1 heterocycles. The van der Waals surface area contributed by atoms with E-state index in [0.29, 0.717) is 15.3 Å². The van der Waals surface area contributed by atoms with Crippen molar-refractivity contribution in [3.05, 3.63) is 39.4 Å². The number of rotatable bonds is 4. The Hall–Kier alpha value is -2.17. The third-order valence-electron chi connectivity index (χ3n) is 2.20. The normalized spacial score (nSPS) is 10.5. The lowest BCUT2D eigenvalue weighted by atomic mass is 10.2. The van der Waals surface area contributed by atoms with Crippen molar-refractivity contribution in [2.24, 2.45) is 5.10 Å². The number of aromatic amines is 2. The monoisotopic (exact) mass is 290 g/mol. The minimum Gasteiger partial charge on any atom is -0.480 e. The Morgan fingerprint density at radius 1 is 1.32 bits per heavy atom. The van der Waals surface area contributed by atoms with E-state index >= 15 is 0 Å². The molecule has 7 heteroatoms. The van der Waals surface area contributed by atoms with Crippen LogP contribution in [0.25, 0.3) is 0 Å². The molecule has 0 radical (unpaired) electrons. The number of benzene rings is 1. The molecule has 2 aromatic rings. The maximum atomic E-state index is 5.41. The molecule has 0 atom stereocenters. The van der Waals surface area contributed by atoms with Crippen LogP contribution in [0.1, 0.15) is 5.56 Å².